The Morgan fingerprint density at radius 2 is 2.18 bits per heavy atom. The Balaban J connectivity index is 2.22. The van der Waals surface area contributed by atoms with E-state index in [1.54, 1.807) is 18.2 Å². The third-order valence-corrected chi connectivity index (χ3v) is 3.52. The van der Waals surface area contributed by atoms with Crippen molar-refractivity contribution in [1.82, 2.24) is 0 Å². The molecular weight excluding hydrogens is 310 g/mol. The third-order valence-electron chi connectivity index (χ3n) is 2.45. The molecule has 0 spiro atoms. The molecule has 1 heterocycles. The number of benzene rings is 1. The van der Waals surface area contributed by atoms with Crippen molar-refractivity contribution in [3.05, 3.63) is 57.2 Å². The summed E-state index contributed by atoms with van der Waals surface area (Å²) in [6, 6.07) is 6.18. The van der Waals surface area contributed by atoms with Crippen molar-refractivity contribution >= 4 is 27.5 Å². The summed E-state index contributed by atoms with van der Waals surface area (Å²) in [5.41, 5.74) is 1.18. The lowest BCUT2D eigenvalue weighted by molar-refractivity contribution is 0.176. The molecule has 2 nitrogen and oxygen atoms in total. The minimum Gasteiger partial charge on any atom is -0.457 e. The SMILES string of the molecule is OC(Cc1cccc(F)c1Cl)c1ccoc1Br. The molecule has 90 valence electrons. The lowest BCUT2D eigenvalue weighted by Gasteiger charge is -2.10. The van der Waals surface area contributed by atoms with E-state index in [-0.39, 0.29) is 11.4 Å². The van der Waals surface area contributed by atoms with Gasteiger partial charge < -0.3 is 9.52 Å². The zero-order valence-corrected chi connectivity index (χ0v) is 11.0. The summed E-state index contributed by atoms with van der Waals surface area (Å²) in [5, 5.41) is 10.0. The van der Waals surface area contributed by atoms with E-state index < -0.39 is 11.9 Å². The lowest BCUT2D eigenvalue weighted by atomic mass is 10.0. The van der Waals surface area contributed by atoms with Gasteiger partial charge in [0.2, 0.25) is 0 Å². The Hall–Kier alpha value is -0.840. The zero-order chi connectivity index (χ0) is 12.4. The molecule has 5 heteroatoms. The minimum absolute atomic E-state index is 0.0474. The van der Waals surface area contributed by atoms with Gasteiger partial charge in [-0.15, -0.1) is 0 Å². The molecule has 0 aliphatic heterocycles. The van der Waals surface area contributed by atoms with E-state index in [1.165, 1.54) is 12.3 Å². The van der Waals surface area contributed by atoms with Crippen LogP contribution < -0.4 is 0 Å². The van der Waals surface area contributed by atoms with Crippen LogP contribution in [0.15, 0.2) is 39.6 Å². The van der Waals surface area contributed by atoms with Gasteiger partial charge in [0, 0.05) is 12.0 Å². The third kappa shape index (κ3) is 2.70. The van der Waals surface area contributed by atoms with Crippen LogP contribution in [0.2, 0.25) is 5.02 Å². The zero-order valence-electron chi connectivity index (χ0n) is 8.66. The summed E-state index contributed by atoms with van der Waals surface area (Å²) in [4.78, 5) is 0. The Bertz CT molecular complexity index is 527. The molecule has 0 saturated carbocycles. The largest absolute Gasteiger partial charge is 0.457 e. The highest BCUT2D eigenvalue weighted by Crippen LogP contribution is 2.29. The molecule has 0 saturated heterocycles. The van der Waals surface area contributed by atoms with Crippen LogP contribution in [0.1, 0.15) is 17.2 Å². The van der Waals surface area contributed by atoms with Crippen molar-refractivity contribution in [2.24, 2.45) is 0 Å². The number of aliphatic hydroxyl groups is 1. The Morgan fingerprint density at radius 3 is 2.82 bits per heavy atom. The first-order valence-electron chi connectivity index (χ1n) is 4.93. The summed E-state index contributed by atoms with van der Waals surface area (Å²) < 4.78 is 18.7. The molecule has 1 aromatic carbocycles. The van der Waals surface area contributed by atoms with Crippen LogP contribution in [0.3, 0.4) is 0 Å². The summed E-state index contributed by atoms with van der Waals surface area (Å²) in [7, 11) is 0. The van der Waals surface area contributed by atoms with Crippen molar-refractivity contribution in [3.8, 4) is 0 Å². The highest BCUT2D eigenvalue weighted by atomic mass is 79.9. The average Bonchev–Trinajstić information content (AvgIpc) is 2.71. The van der Waals surface area contributed by atoms with Gasteiger partial charge in [-0.3, -0.25) is 0 Å². The van der Waals surface area contributed by atoms with Crippen LogP contribution in [0.25, 0.3) is 0 Å². The maximum atomic E-state index is 13.2. The number of rotatable bonds is 3. The van der Waals surface area contributed by atoms with Crippen molar-refractivity contribution in [1.29, 1.82) is 0 Å². The van der Waals surface area contributed by atoms with Crippen molar-refractivity contribution in [3.63, 3.8) is 0 Å². The molecule has 1 aromatic heterocycles. The second kappa shape index (κ2) is 5.21. The summed E-state index contributed by atoms with van der Waals surface area (Å²) in [6.45, 7) is 0. The van der Waals surface area contributed by atoms with E-state index in [1.807, 2.05) is 0 Å². The van der Waals surface area contributed by atoms with Gasteiger partial charge in [-0.1, -0.05) is 23.7 Å². The first-order chi connectivity index (χ1) is 8.09. The van der Waals surface area contributed by atoms with Gasteiger partial charge in [0.15, 0.2) is 4.67 Å². The number of hydrogen-bond donors (Lipinski definition) is 1. The smallest absolute Gasteiger partial charge is 0.174 e. The van der Waals surface area contributed by atoms with Gasteiger partial charge in [-0.2, -0.15) is 0 Å². The molecule has 0 amide bonds. The van der Waals surface area contributed by atoms with Gasteiger partial charge in [0.25, 0.3) is 0 Å². The van der Waals surface area contributed by atoms with Crippen molar-refractivity contribution in [2.45, 2.75) is 12.5 Å². The number of hydrogen-bond acceptors (Lipinski definition) is 2. The van der Waals surface area contributed by atoms with Crippen molar-refractivity contribution < 1.29 is 13.9 Å². The van der Waals surface area contributed by atoms with Gasteiger partial charge in [-0.25, -0.2) is 4.39 Å². The van der Waals surface area contributed by atoms with E-state index >= 15 is 0 Å². The second-order valence-electron chi connectivity index (χ2n) is 3.58. The fourth-order valence-corrected chi connectivity index (χ4v) is 2.27. The Kier molecular flexibility index (Phi) is 3.86. The van der Waals surface area contributed by atoms with Gasteiger partial charge in [0.05, 0.1) is 17.4 Å². The van der Waals surface area contributed by atoms with Crippen LogP contribution in [0, 0.1) is 5.82 Å². The van der Waals surface area contributed by atoms with Crippen LogP contribution >= 0.6 is 27.5 Å². The molecule has 0 fully saturated rings. The molecule has 0 aliphatic carbocycles. The fourth-order valence-electron chi connectivity index (χ4n) is 1.57. The Labute approximate surface area is 111 Å². The highest BCUT2D eigenvalue weighted by molar-refractivity contribution is 9.10. The van der Waals surface area contributed by atoms with Crippen LogP contribution in [0.4, 0.5) is 4.39 Å². The van der Waals surface area contributed by atoms with Crippen LogP contribution in [-0.4, -0.2) is 5.11 Å². The predicted molar refractivity (Wildman–Crippen MR) is 66.5 cm³/mol. The molecule has 17 heavy (non-hydrogen) atoms. The second-order valence-corrected chi connectivity index (χ2v) is 4.68. The summed E-state index contributed by atoms with van der Waals surface area (Å²) >= 11 is 9.00. The predicted octanol–water partition coefficient (Wildman–Crippen LogP) is 4.11. The maximum Gasteiger partial charge on any atom is 0.174 e. The molecule has 1 N–H and O–H groups in total. The van der Waals surface area contributed by atoms with Gasteiger partial charge >= 0.3 is 0 Å². The molecule has 0 aliphatic rings. The lowest BCUT2D eigenvalue weighted by Crippen LogP contribution is -2.02. The quantitative estimate of drug-likeness (QED) is 0.923. The van der Waals surface area contributed by atoms with E-state index in [2.05, 4.69) is 15.9 Å². The number of aliphatic hydroxyl groups excluding tert-OH is 1. The topological polar surface area (TPSA) is 33.4 Å². The first kappa shape index (κ1) is 12.6. The number of halogens is 3. The molecule has 2 rings (SSSR count). The minimum atomic E-state index is -0.789. The molecular formula is C12H9BrClFO2. The molecule has 1 atom stereocenters. The van der Waals surface area contributed by atoms with E-state index in [9.17, 15) is 9.50 Å². The average molecular weight is 320 g/mol. The fraction of sp³-hybridized carbons (Fsp3) is 0.167. The molecule has 0 bridgehead atoms. The number of furan rings is 1. The van der Waals surface area contributed by atoms with Crippen LogP contribution in [-0.2, 0) is 6.42 Å². The Morgan fingerprint density at radius 1 is 1.41 bits per heavy atom. The maximum absolute atomic E-state index is 13.2. The van der Waals surface area contributed by atoms with E-state index in [0.717, 1.165) is 0 Å². The molecule has 0 radical (unpaired) electrons. The van der Waals surface area contributed by atoms with E-state index in [0.29, 0.717) is 15.8 Å². The van der Waals surface area contributed by atoms with Crippen LogP contribution in [0.5, 0.6) is 0 Å². The molecule has 2 aromatic rings. The van der Waals surface area contributed by atoms with Gasteiger partial charge in [-0.05, 0) is 33.6 Å². The monoisotopic (exact) mass is 318 g/mol. The highest BCUT2D eigenvalue weighted by Gasteiger charge is 2.16. The normalized spacial score (nSPS) is 12.7. The summed E-state index contributed by atoms with van der Waals surface area (Å²) in [5.74, 6) is -0.484. The first-order valence-corrected chi connectivity index (χ1v) is 6.10. The van der Waals surface area contributed by atoms with Crippen molar-refractivity contribution in [2.75, 3.05) is 0 Å². The standard InChI is InChI=1S/C12H9BrClFO2/c13-12-8(4-5-17-12)10(16)6-7-2-1-3-9(15)11(7)14/h1-5,10,16H,6H2. The van der Waals surface area contributed by atoms with Gasteiger partial charge in [0.1, 0.15) is 5.82 Å². The van der Waals surface area contributed by atoms with E-state index in [4.69, 9.17) is 16.0 Å². The summed E-state index contributed by atoms with van der Waals surface area (Å²) in [6.07, 6.45) is 0.910. The molecule has 1 unspecified atom stereocenters.